The van der Waals surface area contributed by atoms with Crippen LogP contribution >= 0.6 is 22.9 Å². The van der Waals surface area contributed by atoms with Gasteiger partial charge in [-0.1, -0.05) is 17.7 Å². The lowest BCUT2D eigenvalue weighted by Crippen LogP contribution is -2.19. The standard InChI is InChI=1S/C15H19ClN2OS/c1-18(2)8-9-19-13-5-3-4-12(10-13)17-11-14-6-7-15(16)20-14/h3-7,10,17H,8-9,11H2,1-2H3. The van der Waals surface area contributed by atoms with Crippen LogP contribution in [0.5, 0.6) is 5.75 Å². The highest BCUT2D eigenvalue weighted by molar-refractivity contribution is 7.16. The van der Waals surface area contributed by atoms with E-state index in [4.69, 9.17) is 16.3 Å². The smallest absolute Gasteiger partial charge is 0.121 e. The molecule has 2 aromatic rings. The molecule has 0 saturated carbocycles. The molecular weight excluding hydrogens is 292 g/mol. The summed E-state index contributed by atoms with van der Waals surface area (Å²) in [6.45, 7) is 2.38. The number of halogens is 1. The number of hydrogen-bond acceptors (Lipinski definition) is 4. The van der Waals surface area contributed by atoms with Crippen molar-refractivity contribution < 1.29 is 4.74 Å². The largest absolute Gasteiger partial charge is 0.492 e. The molecule has 5 heteroatoms. The van der Waals surface area contributed by atoms with Gasteiger partial charge in [-0.3, -0.25) is 0 Å². The van der Waals surface area contributed by atoms with Gasteiger partial charge in [-0.2, -0.15) is 0 Å². The van der Waals surface area contributed by atoms with Crippen LogP contribution in [-0.2, 0) is 6.54 Å². The van der Waals surface area contributed by atoms with Crippen LogP contribution in [0.1, 0.15) is 4.88 Å². The van der Waals surface area contributed by atoms with Gasteiger partial charge in [0, 0.05) is 29.7 Å². The van der Waals surface area contributed by atoms with Crippen molar-refractivity contribution in [3.8, 4) is 5.75 Å². The van der Waals surface area contributed by atoms with Crippen LogP contribution in [0.25, 0.3) is 0 Å². The third kappa shape index (κ3) is 5.04. The molecule has 20 heavy (non-hydrogen) atoms. The molecule has 108 valence electrons. The minimum absolute atomic E-state index is 0.691. The third-order valence-corrected chi connectivity index (χ3v) is 3.97. The molecule has 0 aliphatic rings. The molecule has 3 nitrogen and oxygen atoms in total. The van der Waals surface area contributed by atoms with Gasteiger partial charge in [0.1, 0.15) is 12.4 Å². The minimum Gasteiger partial charge on any atom is -0.492 e. The Bertz CT molecular complexity index is 542. The molecule has 0 aliphatic carbocycles. The summed E-state index contributed by atoms with van der Waals surface area (Å²) in [5.41, 5.74) is 1.05. The van der Waals surface area contributed by atoms with E-state index >= 15 is 0 Å². The summed E-state index contributed by atoms with van der Waals surface area (Å²) in [6.07, 6.45) is 0. The number of benzene rings is 1. The second-order valence-electron chi connectivity index (χ2n) is 4.74. The predicted octanol–water partition coefficient (Wildman–Crippen LogP) is 3.95. The monoisotopic (exact) mass is 310 g/mol. The number of likely N-dealkylation sites (N-methyl/N-ethyl adjacent to an activating group) is 1. The number of thiophene rings is 1. The molecule has 0 fully saturated rings. The van der Waals surface area contributed by atoms with Crippen molar-refractivity contribution in [3.05, 3.63) is 45.6 Å². The Hall–Kier alpha value is -1.23. The molecule has 0 spiro atoms. The Morgan fingerprint density at radius 2 is 2.10 bits per heavy atom. The molecule has 0 amide bonds. The first-order valence-corrected chi connectivity index (χ1v) is 7.68. The van der Waals surface area contributed by atoms with Crippen LogP contribution < -0.4 is 10.1 Å². The SMILES string of the molecule is CN(C)CCOc1cccc(NCc2ccc(Cl)s2)c1. The first-order valence-electron chi connectivity index (χ1n) is 6.49. The highest BCUT2D eigenvalue weighted by Gasteiger charge is 2.00. The van der Waals surface area contributed by atoms with Gasteiger partial charge < -0.3 is 15.0 Å². The van der Waals surface area contributed by atoms with Crippen LogP contribution in [0.2, 0.25) is 4.34 Å². The van der Waals surface area contributed by atoms with Crippen LogP contribution in [0.4, 0.5) is 5.69 Å². The summed E-state index contributed by atoms with van der Waals surface area (Å²) in [5.74, 6) is 0.890. The molecule has 2 rings (SSSR count). The van der Waals surface area contributed by atoms with E-state index in [1.165, 1.54) is 4.88 Å². The van der Waals surface area contributed by atoms with Crippen LogP contribution in [0.15, 0.2) is 36.4 Å². The van der Waals surface area contributed by atoms with Crippen molar-refractivity contribution in [2.75, 3.05) is 32.6 Å². The van der Waals surface area contributed by atoms with E-state index in [0.29, 0.717) is 6.61 Å². The Morgan fingerprint density at radius 1 is 1.25 bits per heavy atom. The molecule has 0 bridgehead atoms. The van der Waals surface area contributed by atoms with Crippen LogP contribution in [-0.4, -0.2) is 32.1 Å². The number of anilines is 1. The number of ether oxygens (including phenoxy) is 1. The van der Waals surface area contributed by atoms with E-state index in [-0.39, 0.29) is 0 Å². The van der Waals surface area contributed by atoms with Crippen molar-refractivity contribution in [3.63, 3.8) is 0 Å². The molecule has 1 heterocycles. The van der Waals surface area contributed by atoms with E-state index in [0.717, 1.165) is 28.9 Å². The summed E-state index contributed by atoms with van der Waals surface area (Å²) in [4.78, 5) is 3.32. The molecule has 0 unspecified atom stereocenters. The zero-order chi connectivity index (χ0) is 14.4. The van der Waals surface area contributed by atoms with Gasteiger partial charge >= 0.3 is 0 Å². The summed E-state index contributed by atoms with van der Waals surface area (Å²) < 4.78 is 6.54. The van der Waals surface area contributed by atoms with Crippen molar-refractivity contribution in [1.29, 1.82) is 0 Å². The maximum Gasteiger partial charge on any atom is 0.121 e. The quantitative estimate of drug-likeness (QED) is 0.838. The number of nitrogens with one attached hydrogen (secondary N) is 1. The van der Waals surface area contributed by atoms with Crippen LogP contribution in [0.3, 0.4) is 0 Å². The fourth-order valence-corrected chi connectivity index (χ4v) is 2.71. The Labute approximate surface area is 129 Å². The molecule has 0 aliphatic heterocycles. The Balaban J connectivity index is 1.85. The molecule has 0 saturated heterocycles. The zero-order valence-electron chi connectivity index (χ0n) is 11.7. The van der Waals surface area contributed by atoms with E-state index in [9.17, 15) is 0 Å². The lowest BCUT2D eigenvalue weighted by atomic mass is 10.3. The minimum atomic E-state index is 0.691. The van der Waals surface area contributed by atoms with Gasteiger partial charge in [0.05, 0.1) is 4.34 Å². The van der Waals surface area contributed by atoms with E-state index in [1.54, 1.807) is 11.3 Å². The first kappa shape index (κ1) is 15.2. The van der Waals surface area contributed by atoms with Crippen molar-refractivity contribution in [2.24, 2.45) is 0 Å². The van der Waals surface area contributed by atoms with Crippen molar-refractivity contribution in [1.82, 2.24) is 4.90 Å². The van der Waals surface area contributed by atoms with Crippen molar-refractivity contribution in [2.45, 2.75) is 6.54 Å². The van der Waals surface area contributed by atoms with Gasteiger partial charge in [0.25, 0.3) is 0 Å². The second-order valence-corrected chi connectivity index (χ2v) is 6.54. The van der Waals surface area contributed by atoms with Gasteiger partial charge in [-0.15, -0.1) is 11.3 Å². The summed E-state index contributed by atoms with van der Waals surface area (Å²) in [7, 11) is 4.07. The van der Waals surface area contributed by atoms with E-state index in [2.05, 4.69) is 10.2 Å². The average Bonchev–Trinajstić information content (AvgIpc) is 2.82. The fourth-order valence-electron chi connectivity index (χ4n) is 1.68. The second kappa shape index (κ2) is 7.53. The number of rotatable bonds is 7. The van der Waals surface area contributed by atoms with E-state index in [1.807, 2.05) is 50.5 Å². The molecule has 1 aromatic carbocycles. The lowest BCUT2D eigenvalue weighted by molar-refractivity contribution is 0.261. The average molecular weight is 311 g/mol. The predicted molar refractivity (Wildman–Crippen MR) is 87.1 cm³/mol. The first-order chi connectivity index (χ1) is 9.63. The third-order valence-electron chi connectivity index (χ3n) is 2.74. The van der Waals surface area contributed by atoms with Crippen LogP contribution in [0, 0.1) is 0 Å². The van der Waals surface area contributed by atoms with Gasteiger partial charge in [0.15, 0.2) is 0 Å². The topological polar surface area (TPSA) is 24.5 Å². The molecule has 1 N–H and O–H groups in total. The maximum atomic E-state index is 5.92. The number of hydrogen-bond donors (Lipinski definition) is 1. The summed E-state index contributed by atoms with van der Waals surface area (Å²) in [5, 5.41) is 3.38. The zero-order valence-corrected chi connectivity index (χ0v) is 13.3. The summed E-state index contributed by atoms with van der Waals surface area (Å²) >= 11 is 7.51. The van der Waals surface area contributed by atoms with E-state index < -0.39 is 0 Å². The van der Waals surface area contributed by atoms with Gasteiger partial charge in [0.2, 0.25) is 0 Å². The summed E-state index contributed by atoms with van der Waals surface area (Å²) in [6, 6.07) is 12.0. The molecule has 0 atom stereocenters. The van der Waals surface area contributed by atoms with Gasteiger partial charge in [-0.25, -0.2) is 0 Å². The normalized spacial score (nSPS) is 10.8. The lowest BCUT2D eigenvalue weighted by Gasteiger charge is -2.12. The molecule has 0 radical (unpaired) electrons. The molecule has 1 aromatic heterocycles. The Kier molecular flexibility index (Phi) is 5.71. The fraction of sp³-hybridized carbons (Fsp3) is 0.333. The van der Waals surface area contributed by atoms with Crippen molar-refractivity contribution >= 4 is 28.6 Å². The molecular formula is C15H19ClN2OS. The Morgan fingerprint density at radius 3 is 2.80 bits per heavy atom. The highest BCUT2D eigenvalue weighted by Crippen LogP contribution is 2.23. The highest BCUT2D eigenvalue weighted by atomic mass is 35.5. The number of nitrogens with zero attached hydrogens (tertiary/aromatic N) is 1. The maximum absolute atomic E-state index is 5.92. The van der Waals surface area contributed by atoms with Gasteiger partial charge in [-0.05, 0) is 38.4 Å².